The number of aryl methyl sites for hydroxylation is 2. The molecule has 16 heavy (non-hydrogen) atoms. The topological polar surface area (TPSA) is 12.9 Å². The fourth-order valence-corrected chi connectivity index (χ4v) is 2.39. The van der Waals surface area contributed by atoms with Gasteiger partial charge in [-0.05, 0) is 24.8 Å². The number of hydrogen-bond acceptors (Lipinski definition) is 3. The van der Waals surface area contributed by atoms with Crippen LogP contribution >= 0.6 is 34.3 Å². The predicted octanol–water partition coefficient (Wildman–Crippen LogP) is 5.44. The zero-order valence-corrected chi connectivity index (χ0v) is 12.5. The summed E-state index contributed by atoms with van der Waals surface area (Å²) in [7, 11) is 0. The van der Waals surface area contributed by atoms with Crippen LogP contribution in [0.2, 0.25) is 4.47 Å². The van der Waals surface area contributed by atoms with Gasteiger partial charge in [0.1, 0.15) is 0 Å². The largest absolute Gasteiger partial charge is 0.233 e. The van der Waals surface area contributed by atoms with Gasteiger partial charge in [-0.1, -0.05) is 38.4 Å². The summed E-state index contributed by atoms with van der Waals surface area (Å²) in [5.41, 5.74) is 0. The molecule has 0 aliphatic rings. The van der Waals surface area contributed by atoms with Crippen LogP contribution in [0.5, 0.6) is 0 Å². The number of nitrogens with zero attached hydrogens (tertiary/aromatic N) is 1. The van der Waals surface area contributed by atoms with Crippen LogP contribution in [-0.2, 0) is 6.42 Å². The highest BCUT2D eigenvalue weighted by molar-refractivity contribution is 7.15. The number of thiophene rings is 1. The third-order valence-corrected chi connectivity index (χ3v) is 3.57. The highest BCUT2D eigenvalue weighted by Crippen LogP contribution is 2.15. The summed E-state index contributed by atoms with van der Waals surface area (Å²) in [6, 6.07) is 4.24. The number of halogens is 1. The summed E-state index contributed by atoms with van der Waals surface area (Å²) in [4.78, 5) is 6.43. The van der Waals surface area contributed by atoms with Crippen molar-refractivity contribution in [2.75, 3.05) is 0 Å². The molecule has 90 valence electrons. The molecule has 0 saturated carbocycles. The van der Waals surface area contributed by atoms with Gasteiger partial charge in [-0.25, -0.2) is 4.98 Å². The van der Waals surface area contributed by atoms with Gasteiger partial charge in [0.2, 0.25) is 0 Å². The number of hydrogen-bond donors (Lipinski definition) is 0. The Hall–Kier alpha value is -0.380. The van der Waals surface area contributed by atoms with Gasteiger partial charge in [0.05, 0.1) is 0 Å². The Morgan fingerprint density at radius 2 is 2.06 bits per heavy atom. The fraction of sp³-hybridized carbons (Fsp3) is 0.417. The Morgan fingerprint density at radius 1 is 1.38 bits per heavy atom. The highest BCUT2D eigenvalue weighted by Gasteiger charge is 1.88. The number of thiazole rings is 1. The third kappa shape index (κ3) is 6.99. The Morgan fingerprint density at radius 3 is 2.25 bits per heavy atom. The molecule has 0 radical (unpaired) electrons. The van der Waals surface area contributed by atoms with Gasteiger partial charge >= 0.3 is 0 Å². The van der Waals surface area contributed by atoms with E-state index in [4.69, 9.17) is 11.6 Å². The molecular formula is C12H18ClNS2. The Balaban J connectivity index is 0.000000244. The van der Waals surface area contributed by atoms with Crippen LogP contribution in [-0.4, -0.2) is 4.98 Å². The molecule has 1 nitrogen and oxygen atoms in total. The average molecular weight is 276 g/mol. The van der Waals surface area contributed by atoms with Gasteiger partial charge in [-0.2, -0.15) is 0 Å². The molecule has 2 rings (SSSR count). The standard InChI is InChI=1S/C6H8S.C4H4ClNS.C2H6/c1-2-6-4-3-5-7-6;1-3-2-6-4(5)7-3;1-2/h3-5H,2H2,1H3;2H,1H3;1-2H3. The normalized spacial score (nSPS) is 8.56. The lowest BCUT2D eigenvalue weighted by Gasteiger charge is -1.78. The van der Waals surface area contributed by atoms with E-state index in [1.807, 2.05) is 32.1 Å². The maximum absolute atomic E-state index is 5.47. The Kier molecular flexibility index (Phi) is 9.59. The van der Waals surface area contributed by atoms with E-state index in [2.05, 4.69) is 29.4 Å². The first kappa shape index (κ1) is 15.6. The quantitative estimate of drug-likeness (QED) is 0.675. The summed E-state index contributed by atoms with van der Waals surface area (Å²) in [6.45, 7) is 8.15. The van der Waals surface area contributed by atoms with Crippen molar-refractivity contribution in [3.63, 3.8) is 0 Å². The fourth-order valence-electron chi connectivity index (χ4n) is 0.841. The predicted molar refractivity (Wildman–Crippen MR) is 76.9 cm³/mol. The second-order valence-corrected chi connectivity index (χ2v) is 5.51. The summed E-state index contributed by atoms with van der Waals surface area (Å²) in [6.07, 6.45) is 2.94. The van der Waals surface area contributed by atoms with Gasteiger partial charge in [-0.3, -0.25) is 0 Å². The summed E-state index contributed by atoms with van der Waals surface area (Å²) in [5, 5.41) is 2.11. The molecule has 0 amide bonds. The van der Waals surface area contributed by atoms with Crippen LogP contribution in [0.15, 0.2) is 23.7 Å². The second kappa shape index (κ2) is 9.82. The maximum atomic E-state index is 5.47. The molecule has 4 heteroatoms. The minimum Gasteiger partial charge on any atom is -0.233 e. The molecular weight excluding hydrogens is 258 g/mol. The minimum absolute atomic E-state index is 0.623. The van der Waals surface area contributed by atoms with Gasteiger partial charge < -0.3 is 0 Å². The average Bonchev–Trinajstić information content (AvgIpc) is 2.93. The molecule has 0 bridgehead atoms. The van der Waals surface area contributed by atoms with Crippen LogP contribution in [0.25, 0.3) is 0 Å². The van der Waals surface area contributed by atoms with E-state index in [9.17, 15) is 0 Å². The maximum Gasteiger partial charge on any atom is 0.183 e. The van der Waals surface area contributed by atoms with E-state index >= 15 is 0 Å². The van der Waals surface area contributed by atoms with E-state index < -0.39 is 0 Å². The van der Waals surface area contributed by atoms with Crippen molar-refractivity contribution >= 4 is 34.3 Å². The van der Waals surface area contributed by atoms with E-state index in [1.54, 1.807) is 6.20 Å². The first-order chi connectivity index (χ1) is 7.72. The third-order valence-electron chi connectivity index (χ3n) is 1.52. The van der Waals surface area contributed by atoms with E-state index in [0.29, 0.717) is 4.47 Å². The Bertz CT molecular complexity index is 338. The van der Waals surface area contributed by atoms with Crippen LogP contribution in [0, 0.1) is 6.92 Å². The Labute approximate surface area is 111 Å². The summed E-state index contributed by atoms with van der Waals surface area (Å²) in [5.74, 6) is 0. The molecule has 2 aromatic heterocycles. The molecule has 0 saturated heterocycles. The summed E-state index contributed by atoms with van der Waals surface area (Å²) >= 11 is 8.79. The zero-order chi connectivity index (χ0) is 12.4. The van der Waals surface area contributed by atoms with E-state index in [0.717, 1.165) is 4.88 Å². The molecule has 0 unspecified atom stereocenters. The zero-order valence-electron chi connectivity index (χ0n) is 10.2. The first-order valence-corrected chi connectivity index (χ1v) is 7.40. The summed E-state index contributed by atoms with van der Waals surface area (Å²) < 4.78 is 0.623. The molecule has 2 heterocycles. The van der Waals surface area contributed by atoms with Crippen LogP contribution in [0.1, 0.15) is 30.5 Å². The van der Waals surface area contributed by atoms with Crippen molar-refractivity contribution in [1.29, 1.82) is 0 Å². The van der Waals surface area contributed by atoms with Gasteiger partial charge in [0.25, 0.3) is 0 Å². The van der Waals surface area contributed by atoms with Crippen molar-refractivity contribution in [3.05, 3.63) is 37.9 Å². The lowest BCUT2D eigenvalue weighted by atomic mass is 10.4. The molecule has 0 fully saturated rings. The van der Waals surface area contributed by atoms with Crippen molar-refractivity contribution < 1.29 is 0 Å². The molecule has 0 aliphatic carbocycles. The molecule has 2 aromatic rings. The lowest BCUT2D eigenvalue weighted by Crippen LogP contribution is -1.63. The lowest BCUT2D eigenvalue weighted by molar-refractivity contribution is 1.19. The minimum atomic E-state index is 0.623. The second-order valence-electron chi connectivity index (χ2n) is 2.66. The van der Waals surface area contributed by atoms with Crippen molar-refractivity contribution in [2.24, 2.45) is 0 Å². The monoisotopic (exact) mass is 275 g/mol. The van der Waals surface area contributed by atoms with Crippen molar-refractivity contribution in [3.8, 4) is 0 Å². The van der Waals surface area contributed by atoms with E-state index in [-0.39, 0.29) is 0 Å². The van der Waals surface area contributed by atoms with Crippen LogP contribution < -0.4 is 0 Å². The first-order valence-electron chi connectivity index (χ1n) is 5.32. The molecule has 0 atom stereocenters. The van der Waals surface area contributed by atoms with E-state index in [1.165, 1.54) is 22.6 Å². The molecule has 0 spiro atoms. The van der Waals surface area contributed by atoms with Gasteiger partial charge in [0, 0.05) is 16.0 Å². The highest BCUT2D eigenvalue weighted by atomic mass is 35.5. The number of rotatable bonds is 1. The van der Waals surface area contributed by atoms with Gasteiger partial charge in [-0.15, -0.1) is 22.7 Å². The van der Waals surface area contributed by atoms with Crippen molar-refractivity contribution in [2.45, 2.75) is 34.1 Å². The van der Waals surface area contributed by atoms with Crippen molar-refractivity contribution in [1.82, 2.24) is 4.98 Å². The smallest absolute Gasteiger partial charge is 0.183 e. The molecule has 0 aliphatic heterocycles. The number of aromatic nitrogens is 1. The molecule has 0 N–H and O–H groups in total. The molecule has 0 aromatic carbocycles. The van der Waals surface area contributed by atoms with Crippen LogP contribution in [0.3, 0.4) is 0 Å². The van der Waals surface area contributed by atoms with Crippen LogP contribution in [0.4, 0.5) is 0 Å². The SMILES string of the molecule is CC.CCc1cccs1.Cc1cnc(Cl)s1. The van der Waals surface area contributed by atoms with Gasteiger partial charge in [0.15, 0.2) is 4.47 Å².